The molecule has 1 aliphatic rings. The van der Waals surface area contributed by atoms with E-state index in [-0.39, 0.29) is 29.7 Å². The van der Waals surface area contributed by atoms with Crippen molar-refractivity contribution >= 4 is 21.4 Å². The van der Waals surface area contributed by atoms with Crippen LogP contribution in [0.4, 0.5) is 0 Å². The van der Waals surface area contributed by atoms with Gasteiger partial charge in [-0.2, -0.15) is 0 Å². The summed E-state index contributed by atoms with van der Waals surface area (Å²) in [5.41, 5.74) is 5.83. The fourth-order valence-corrected chi connectivity index (χ4v) is 3.67. The average Bonchev–Trinajstić information content (AvgIpc) is 2.24. The van der Waals surface area contributed by atoms with Crippen molar-refractivity contribution < 1.29 is 18.3 Å². The molecule has 3 N–H and O–H groups in total. The third-order valence-corrected chi connectivity index (χ3v) is 5.46. The number of benzene rings is 1. The smallest absolute Gasteiger partial charge is 0.187 e. The summed E-state index contributed by atoms with van der Waals surface area (Å²) in [6.45, 7) is 0.455. The second kappa shape index (κ2) is 5.14. The molecule has 0 aliphatic carbocycles. The summed E-state index contributed by atoms with van der Waals surface area (Å²) in [6, 6.07) is 4.37. The first-order valence-corrected chi connectivity index (χ1v) is 7.38. The Morgan fingerprint density at radius 3 is 2.61 bits per heavy atom. The number of aliphatic hydroxyl groups excluding tert-OH is 1. The molecule has 7 heteroatoms. The van der Waals surface area contributed by atoms with Crippen LogP contribution in [0.15, 0.2) is 23.1 Å². The maximum Gasteiger partial charge on any atom is 0.187 e. The molecule has 1 aromatic carbocycles. The first-order valence-electron chi connectivity index (χ1n) is 5.46. The Kier molecular flexibility index (Phi) is 3.93. The van der Waals surface area contributed by atoms with Crippen molar-refractivity contribution in [2.75, 3.05) is 19.8 Å². The fourth-order valence-electron chi connectivity index (χ4n) is 1.66. The Morgan fingerprint density at radius 1 is 1.50 bits per heavy atom. The molecule has 1 fully saturated rings. The van der Waals surface area contributed by atoms with Crippen LogP contribution in [0.2, 0.25) is 5.02 Å². The topological polar surface area (TPSA) is 89.6 Å². The van der Waals surface area contributed by atoms with Crippen LogP contribution >= 0.6 is 11.6 Å². The van der Waals surface area contributed by atoms with E-state index in [2.05, 4.69) is 0 Å². The lowest BCUT2D eigenvalue weighted by Gasteiger charge is -2.26. The Hall–Kier alpha value is -0.660. The van der Waals surface area contributed by atoms with Crippen molar-refractivity contribution in [2.45, 2.75) is 16.2 Å². The molecule has 5 nitrogen and oxygen atoms in total. The van der Waals surface area contributed by atoms with Gasteiger partial charge in [-0.05, 0) is 17.7 Å². The molecule has 0 bridgehead atoms. The first kappa shape index (κ1) is 13.8. The molecule has 0 radical (unpaired) electrons. The van der Waals surface area contributed by atoms with Crippen LogP contribution in [0.1, 0.15) is 11.7 Å². The predicted octanol–water partition coefficient (Wildman–Crippen LogP) is 0.505. The monoisotopic (exact) mass is 291 g/mol. The highest BCUT2D eigenvalue weighted by molar-refractivity contribution is 7.92. The van der Waals surface area contributed by atoms with Crippen LogP contribution in [0.3, 0.4) is 0 Å². The van der Waals surface area contributed by atoms with Gasteiger partial charge in [-0.25, -0.2) is 8.42 Å². The van der Waals surface area contributed by atoms with Gasteiger partial charge in [0.15, 0.2) is 9.84 Å². The standard InChI is InChI=1S/C11H14ClNO4S/c12-9-3-7(10(14)4-13)1-2-11(9)18(15,16)8-5-17-6-8/h1-3,8,10,14H,4-6,13H2. The Morgan fingerprint density at radius 2 is 2.17 bits per heavy atom. The summed E-state index contributed by atoms with van der Waals surface area (Å²) in [6.07, 6.45) is -0.841. The third kappa shape index (κ3) is 2.39. The molecule has 1 heterocycles. The van der Waals surface area contributed by atoms with Gasteiger partial charge in [-0.15, -0.1) is 0 Å². The van der Waals surface area contributed by atoms with Crippen LogP contribution in [-0.4, -0.2) is 38.5 Å². The number of rotatable bonds is 4. The van der Waals surface area contributed by atoms with Crippen molar-refractivity contribution in [3.8, 4) is 0 Å². The number of nitrogens with two attached hydrogens (primary N) is 1. The maximum atomic E-state index is 12.1. The normalized spacial score (nSPS) is 18.4. The highest BCUT2D eigenvalue weighted by atomic mass is 35.5. The molecule has 1 aliphatic heterocycles. The summed E-state index contributed by atoms with van der Waals surface area (Å²) in [4.78, 5) is 0.0745. The van der Waals surface area contributed by atoms with Crippen molar-refractivity contribution in [3.63, 3.8) is 0 Å². The summed E-state index contributed by atoms with van der Waals surface area (Å²) in [5.74, 6) is 0. The molecule has 100 valence electrons. The van der Waals surface area contributed by atoms with E-state index in [1.807, 2.05) is 0 Å². The van der Waals surface area contributed by atoms with Gasteiger partial charge in [0.1, 0.15) is 5.25 Å². The lowest BCUT2D eigenvalue weighted by molar-refractivity contribution is 0.0416. The Labute approximate surface area is 110 Å². The van der Waals surface area contributed by atoms with Gasteiger partial charge < -0.3 is 15.6 Å². The summed E-state index contributed by atoms with van der Waals surface area (Å²) in [5, 5.41) is 9.14. The molecule has 1 aromatic rings. The van der Waals surface area contributed by atoms with Crippen molar-refractivity contribution in [1.29, 1.82) is 0 Å². The Bertz CT molecular complexity index is 542. The third-order valence-electron chi connectivity index (χ3n) is 2.92. The SMILES string of the molecule is NCC(O)c1ccc(S(=O)(=O)C2COC2)c(Cl)c1. The van der Waals surface area contributed by atoms with Crippen LogP contribution in [-0.2, 0) is 14.6 Å². The molecule has 1 unspecified atom stereocenters. The zero-order chi connectivity index (χ0) is 13.3. The Balaban J connectivity index is 2.35. The van der Waals surface area contributed by atoms with Gasteiger partial charge in [0.25, 0.3) is 0 Å². The minimum absolute atomic E-state index is 0.0545. The maximum absolute atomic E-state index is 12.1. The van der Waals surface area contributed by atoms with Crippen LogP contribution < -0.4 is 5.73 Å². The lowest BCUT2D eigenvalue weighted by Crippen LogP contribution is -2.40. The van der Waals surface area contributed by atoms with Gasteiger partial charge in [0.2, 0.25) is 0 Å². The van der Waals surface area contributed by atoms with Crippen LogP contribution in [0.5, 0.6) is 0 Å². The first-order chi connectivity index (χ1) is 8.46. The van der Waals surface area contributed by atoms with E-state index >= 15 is 0 Å². The molecule has 1 atom stereocenters. The van der Waals surface area contributed by atoms with E-state index < -0.39 is 21.2 Å². The van der Waals surface area contributed by atoms with Gasteiger partial charge in [0.05, 0.1) is 29.2 Å². The molecule has 0 amide bonds. The zero-order valence-electron chi connectivity index (χ0n) is 9.54. The molecular weight excluding hydrogens is 278 g/mol. The molecule has 1 saturated heterocycles. The molecule has 18 heavy (non-hydrogen) atoms. The van der Waals surface area contributed by atoms with E-state index in [0.29, 0.717) is 5.56 Å². The number of hydrogen-bond donors (Lipinski definition) is 2. The van der Waals surface area contributed by atoms with E-state index in [1.54, 1.807) is 0 Å². The van der Waals surface area contributed by atoms with Crippen LogP contribution in [0, 0.1) is 0 Å². The zero-order valence-corrected chi connectivity index (χ0v) is 11.1. The second-order valence-corrected chi connectivity index (χ2v) is 6.75. The van der Waals surface area contributed by atoms with Gasteiger partial charge in [0, 0.05) is 6.54 Å². The number of halogens is 1. The highest BCUT2D eigenvalue weighted by Crippen LogP contribution is 2.30. The van der Waals surface area contributed by atoms with E-state index in [0.717, 1.165) is 0 Å². The summed E-state index contributed by atoms with van der Waals surface area (Å²) in [7, 11) is -3.45. The number of sulfone groups is 1. The lowest BCUT2D eigenvalue weighted by atomic mass is 10.1. The quantitative estimate of drug-likeness (QED) is 0.843. The second-order valence-electron chi connectivity index (χ2n) is 4.15. The minimum atomic E-state index is -3.45. The van der Waals surface area contributed by atoms with Gasteiger partial charge in [-0.3, -0.25) is 0 Å². The van der Waals surface area contributed by atoms with E-state index in [9.17, 15) is 13.5 Å². The van der Waals surface area contributed by atoms with Gasteiger partial charge >= 0.3 is 0 Å². The van der Waals surface area contributed by atoms with E-state index in [4.69, 9.17) is 22.1 Å². The number of ether oxygens (including phenoxy) is 1. The van der Waals surface area contributed by atoms with Crippen molar-refractivity contribution in [3.05, 3.63) is 28.8 Å². The number of hydrogen-bond acceptors (Lipinski definition) is 5. The summed E-state index contributed by atoms with van der Waals surface area (Å²) < 4.78 is 29.2. The van der Waals surface area contributed by atoms with Crippen LogP contribution in [0.25, 0.3) is 0 Å². The average molecular weight is 292 g/mol. The molecule has 0 saturated carbocycles. The molecule has 2 rings (SSSR count). The summed E-state index contributed by atoms with van der Waals surface area (Å²) >= 11 is 5.97. The molecular formula is C11H14ClNO4S. The largest absolute Gasteiger partial charge is 0.387 e. The fraction of sp³-hybridized carbons (Fsp3) is 0.455. The highest BCUT2D eigenvalue weighted by Gasteiger charge is 2.35. The molecule has 0 aromatic heterocycles. The van der Waals surface area contributed by atoms with Gasteiger partial charge in [-0.1, -0.05) is 17.7 Å². The van der Waals surface area contributed by atoms with Crippen molar-refractivity contribution in [1.82, 2.24) is 0 Å². The van der Waals surface area contributed by atoms with Crippen molar-refractivity contribution in [2.24, 2.45) is 5.73 Å². The minimum Gasteiger partial charge on any atom is -0.387 e. The number of aliphatic hydroxyl groups is 1. The molecule has 0 spiro atoms. The van der Waals surface area contributed by atoms with E-state index in [1.165, 1.54) is 18.2 Å². The predicted molar refractivity (Wildman–Crippen MR) is 67.3 cm³/mol.